The molecule has 0 fully saturated rings. The van der Waals surface area contributed by atoms with E-state index in [2.05, 4.69) is 20.7 Å². The molecule has 3 rings (SSSR count). The molecule has 3 amide bonds. The number of carbonyl (C=O) groups excluding carboxylic acids is 4. The highest BCUT2D eigenvalue weighted by Crippen LogP contribution is 2.45. The van der Waals surface area contributed by atoms with Crippen LogP contribution >= 0.6 is 0 Å². The fourth-order valence-corrected chi connectivity index (χ4v) is 4.23. The molecule has 2 aromatic carbocycles. The van der Waals surface area contributed by atoms with Gasteiger partial charge in [-0.1, -0.05) is 62.4 Å². The molecule has 0 saturated heterocycles. The molecule has 0 aromatic heterocycles. The van der Waals surface area contributed by atoms with Crippen molar-refractivity contribution < 1.29 is 33.4 Å². The van der Waals surface area contributed by atoms with Crippen LogP contribution in [-0.4, -0.2) is 56.4 Å². The second kappa shape index (κ2) is 12.8. The number of hydrogen-bond acceptors (Lipinski definition) is 7. The Morgan fingerprint density at radius 2 is 1.44 bits per heavy atom. The standard InChI is InChI=1S/C29H37N3O7/c1-17(2)23(32-28(36)37-6)26(34)31-18(3)25(33)30-16-38-15-29(4,5)27(35)39-24-21-13-9-7-11-19(21)20-12-8-10-14-22(20)24/h7-14,17-18,23-24H,15-16H2,1-6H3,(H,30,33)(H,31,34)(H,32,36). The minimum absolute atomic E-state index is 0.00133. The molecule has 2 unspecified atom stereocenters. The molecule has 10 nitrogen and oxygen atoms in total. The maximum absolute atomic E-state index is 13.1. The third-order valence-corrected chi connectivity index (χ3v) is 6.53. The van der Waals surface area contributed by atoms with Gasteiger partial charge in [0.25, 0.3) is 0 Å². The lowest BCUT2D eigenvalue weighted by molar-refractivity contribution is -0.161. The molecular weight excluding hydrogens is 502 g/mol. The van der Waals surface area contributed by atoms with Gasteiger partial charge < -0.3 is 30.2 Å². The largest absolute Gasteiger partial charge is 0.453 e. The van der Waals surface area contributed by atoms with Crippen molar-refractivity contribution in [3.8, 4) is 11.1 Å². The number of fused-ring (bicyclic) bond motifs is 3. The Morgan fingerprint density at radius 1 is 0.872 bits per heavy atom. The summed E-state index contributed by atoms with van der Waals surface area (Å²) in [5.41, 5.74) is 2.98. The molecule has 10 heteroatoms. The van der Waals surface area contributed by atoms with E-state index in [0.717, 1.165) is 22.3 Å². The molecule has 0 bridgehead atoms. The van der Waals surface area contributed by atoms with Gasteiger partial charge in [-0.3, -0.25) is 14.4 Å². The fourth-order valence-electron chi connectivity index (χ4n) is 4.23. The van der Waals surface area contributed by atoms with Crippen LogP contribution in [0.4, 0.5) is 4.79 Å². The van der Waals surface area contributed by atoms with E-state index in [9.17, 15) is 19.2 Å². The third-order valence-electron chi connectivity index (χ3n) is 6.53. The number of methoxy groups -OCH3 is 1. The number of nitrogens with one attached hydrogen (secondary N) is 3. The van der Waals surface area contributed by atoms with E-state index >= 15 is 0 Å². The molecule has 1 aliphatic rings. The molecule has 1 aliphatic carbocycles. The van der Waals surface area contributed by atoms with E-state index in [-0.39, 0.29) is 19.3 Å². The summed E-state index contributed by atoms with van der Waals surface area (Å²) in [4.78, 5) is 49.7. The highest BCUT2D eigenvalue weighted by molar-refractivity contribution is 5.91. The molecule has 39 heavy (non-hydrogen) atoms. The number of carbonyl (C=O) groups is 4. The number of alkyl carbamates (subject to hydrolysis) is 1. The Balaban J connectivity index is 1.49. The summed E-state index contributed by atoms with van der Waals surface area (Å²) in [5.74, 6) is -1.65. The smallest absolute Gasteiger partial charge is 0.407 e. The summed E-state index contributed by atoms with van der Waals surface area (Å²) >= 11 is 0. The number of benzene rings is 2. The van der Waals surface area contributed by atoms with Gasteiger partial charge in [0.1, 0.15) is 18.8 Å². The fraction of sp³-hybridized carbons (Fsp3) is 0.448. The van der Waals surface area contributed by atoms with Gasteiger partial charge in [0, 0.05) is 11.1 Å². The Hall–Kier alpha value is -3.92. The summed E-state index contributed by atoms with van der Waals surface area (Å²) in [7, 11) is 1.20. The SMILES string of the molecule is COC(=O)NC(C(=O)NC(C)C(=O)NCOCC(C)(C)C(=O)OC1c2ccccc2-c2ccccc21)C(C)C. The minimum Gasteiger partial charge on any atom is -0.453 e. The first-order valence-corrected chi connectivity index (χ1v) is 12.9. The highest BCUT2D eigenvalue weighted by Gasteiger charge is 2.37. The van der Waals surface area contributed by atoms with Gasteiger partial charge in [0.15, 0.2) is 6.10 Å². The van der Waals surface area contributed by atoms with Crippen LogP contribution in [0.25, 0.3) is 11.1 Å². The highest BCUT2D eigenvalue weighted by atomic mass is 16.6. The quantitative estimate of drug-likeness (QED) is 0.227. The molecule has 210 valence electrons. The van der Waals surface area contributed by atoms with Crippen molar-refractivity contribution in [2.75, 3.05) is 20.4 Å². The molecule has 0 spiro atoms. The monoisotopic (exact) mass is 539 g/mol. The Bertz CT molecular complexity index is 1170. The van der Waals surface area contributed by atoms with Gasteiger partial charge in [-0.2, -0.15) is 0 Å². The Kier molecular flexibility index (Phi) is 9.69. The molecule has 2 aromatic rings. The number of amides is 3. The predicted octanol–water partition coefficient (Wildman–Crippen LogP) is 3.30. The van der Waals surface area contributed by atoms with Gasteiger partial charge in [-0.15, -0.1) is 0 Å². The van der Waals surface area contributed by atoms with E-state index in [1.807, 2.05) is 48.5 Å². The van der Waals surface area contributed by atoms with Gasteiger partial charge in [-0.25, -0.2) is 4.79 Å². The average molecular weight is 540 g/mol. The van der Waals surface area contributed by atoms with Crippen molar-refractivity contribution in [3.05, 3.63) is 59.7 Å². The van der Waals surface area contributed by atoms with Crippen molar-refractivity contribution in [2.45, 2.75) is 52.8 Å². The Labute approximate surface area is 228 Å². The predicted molar refractivity (Wildman–Crippen MR) is 144 cm³/mol. The van der Waals surface area contributed by atoms with Crippen molar-refractivity contribution in [1.82, 2.24) is 16.0 Å². The maximum Gasteiger partial charge on any atom is 0.407 e. The second-order valence-corrected chi connectivity index (χ2v) is 10.5. The van der Waals surface area contributed by atoms with E-state index in [1.54, 1.807) is 27.7 Å². The van der Waals surface area contributed by atoms with Crippen molar-refractivity contribution in [1.29, 1.82) is 0 Å². The zero-order valence-electron chi connectivity index (χ0n) is 23.2. The lowest BCUT2D eigenvalue weighted by Gasteiger charge is -2.26. The number of rotatable bonds is 11. The van der Waals surface area contributed by atoms with Crippen LogP contribution in [0.3, 0.4) is 0 Å². The molecular formula is C29H37N3O7. The van der Waals surface area contributed by atoms with E-state index in [0.29, 0.717) is 0 Å². The average Bonchev–Trinajstić information content (AvgIpc) is 3.22. The molecule has 0 saturated carbocycles. The first-order valence-electron chi connectivity index (χ1n) is 12.9. The zero-order chi connectivity index (χ0) is 28.7. The van der Waals surface area contributed by atoms with Crippen LogP contribution in [0.5, 0.6) is 0 Å². The first-order chi connectivity index (χ1) is 18.5. The van der Waals surface area contributed by atoms with Crippen molar-refractivity contribution in [3.63, 3.8) is 0 Å². The van der Waals surface area contributed by atoms with Gasteiger partial charge >= 0.3 is 12.1 Å². The minimum atomic E-state index is -0.985. The molecule has 2 atom stereocenters. The number of esters is 1. The van der Waals surface area contributed by atoms with Crippen LogP contribution in [0.2, 0.25) is 0 Å². The molecule has 0 heterocycles. The number of hydrogen-bond donors (Lipinski definition) is 3. The van der Waals surface area contributed by atoms with Crippen LogP contribution in [0.1, 0.15) is 51.8 Å². The van der Waals surface area contributed by atoms with E-state index in [1.165, 1.54) is 14.0 Å². The van der Waals surface area contributed by atoms with Gasteiger partial charge in [0.05, 0.1) is 19.1 Å². The second-order valence-electron chi connectivity index (χ2n) is 10.5. The summed E-state index contributed by atoms with van der Waals surface area (Å²) in [6.45, 7) is 8.30. The lowest BCUT2D eigenvalue weighted by atomic mass is 9.95. The number of ether oxygens (including phenoxy) is 3. The zero-order valence-corrected chi connectivity index (χ0v) is 23.2. The van der Waals surface area contributed by atoms with Crippen LogP contribution in [0.15, 0.2) is 48.5 Å². The van der Waals surface area contributed by atoms with Crippen LogP contribution < -0.4 is 16.0 Å². The molecule has 3 N–H and O–H groups in total. The normalized spacial score (nSPS) is 14.0. The third kappa shape index (κ3) is 7.14. The van der Waals surface area contributed by atoms with Crippen LogP contribution in [-0.2, 0) is 28.6 Å². The van der Waals surface area contributed by atoms with E-state index < -0.39 is 47.5 Å². The van der Waals surface area contributed by atoms with Crippen LogP contribution in [0, 0.1) is 11.3 Å². The van der Waals surface area contributed by atoms with E-state index in [4.69, 9.17) is 9.47 Å². The topological polar surface area (TPSA) is 132 Å². The van der Waals surface area contributed by atoms with Crippen molar-refractivity contribution in [2.24, 2.45) is 11.3 Å². The summed E-state index contributed by atoms with van der Waals surface area (Å²) in [6, 6.07) is 14.0. The molecule has 0 aliphatic heterocycles. The van der Waals surface area contributed by atoms with Crippen molar-refractivity contribution >= 4 is 23.9 Å². The lowest BCUT2D eigenvalue weighted by Crippen LogP contribution is -2.54. The van der Waals surface area contributed by atoms with Gasteiger partial charge in [-0.05, 0) is 37.8 Å². The maximum atomic E-state index is 13.1. The molecule has 0 radical (unpaired) electrons. The van der Waals surface area contributed by atoms with Gasteiger partial charge in [0.2, 0.25) is 11.8 Å². The Morgan fingerprint density at radius 3 is 1.97 bits per heavy atom. The summed E-state index contributed by atoms with van der Waals surface area (Å²) < 4.78 is 16.1. The summed E-state index contributed by atoms with van der Waals surface area (Å²) in [6.07, 6.45) is -1.24. The summed E-state index contributed by atoms with van der Waals surface area (Å²) in [5, 5.41) is 7.60. The first kappa shape index (κ1) is 29.6.